The van der Waals surface area contributed by atoms with Gasteiger partial charge in [0.2, 0.25) is 10.0 Å². The Morgan fingerprint density at radius 3 is 2.59 bits per heavy atom. The number of nitrogens with one attached hydrogen (secondary N) is 2. The van der Waals surface area contributed by atoms with Crippen LogP contribution in [0.4, 0.5) is 21.9 Å². The van der Waals surface area contributed by atoms with Crippen molar-refractivity contribution < 1.29 is 17.9 Å². The molecule has 8 heteroatoms. The molecule has 0 saturated carbocycles. The number of nitrogens with zero attached hydrogens (tertiary/aromatic N) is 1. The average Bonchev–Trinajstić information content (AvgIpc) is 2.67. The number of hydrogen-bond donors (Lipinski definition) is 2. The van der Waals surface area contributed by atoms with Crippen LogP contribution in [0.2, 0.25) is 0 Å². The standard InChI is InChI=1S/C19H23N3O4S/c1-3-27(24,25)22-11-5-6-14-12-16(9-10-18(14)22)21-19(23)20-15-7-4-8-17(13-15)26-2/h4,7-10,12-13H,3,5-6,11H2,1-2H3,(H2,20,21,23). The van der Waals surface area contributed by atoms with E-state index in [1.165, 1.54) is 4.31 Å². The minimum atomic E-state index is -3.30. The molecule has 0 atom stereocenters. The van der Waals surface area contributed by atoms with Gasteiger partial charge in [0.15, 0.2) is 0 Å². The van der Waals surface area contributed by atoms with Crippen molar-refractivity contribution in [1.82, 2.24) is 0 Å². The van der Waals surface area contributed by atoms with E-state index in [1.807, 2.05) is 6.07 Å². The van der Waals surface area contributed by atoms with E-state index in [4.69, 9.17) is 4.74 Å². The van der Waals surface area contributed by atoms with Crippen LogP contribution < -0.4 is 19.7 Å². The van der Waals surface area contributed by atoms with Gasteiger partial charge in [0, 0.05) is 24.0 Å². The Labute approximate surface area is 159 Å². The summed E-state index contributed by atoms with van der Waals surface area (Å²) in [4.78, 5) is 12.3. The van der Waals surface area contributed by atoms with E-state index in [1.54, 1.807) is 50.4 Å². The lowest BCUT2D eigenvalue weighted by Crippen LogP contribution is -2.36. The van der Waals surface area contributed by atoms with Gasteiger partial charge in [0.05, 0.1) is 18.6 Å². The van der Waals surface area contributed by atoms with E-state index in [-0.39, 0.29) is 11.8 Å². The first-order valence-corrected chi connectivity index (χ1v) is 10.4. The summed E-state index contributed by atoms with van der Waals surface area (Å²) in [5, 5.41) is 5.54. The monoisotopic (exact) mass is 389 g/mol. The Morgan fingerprint density at radius 1 is 1.15 bits per heavy atom. The quantitative estimate of drug-likeness (QED) is 0.820. The number of carbonyl (C=O) groups excluding carboxylic acids is 1. The predicted molar refractivity (Wildman–Crippen MR) is 107 cm³/mol. The van der Waals surface area contributed by atoms with Crippen LogP contribution in [-0.4, -0.2) is 33.9 Å². The summed E-state index contributed by atoms with van der Waals surface area (Å²) in [6, 6.07) is 12.0. The molecule has 0 unspecified atom stereocenters. The minimum absolute atomic E-state index is 0.0649. The molecule has 0 radical (unpaired) electrons. The van der Waals surface area contributed by atoms with Crippen molar-refractivity contribution in [3.05, 3.63) is 48.0 Å². The van der Waals surface area contributed by atoms with E-state index < -0.39 is 10.0 Å². The fraction of sp³-hybridized carbons (Fsp3) is 0.316. The molecule has 1 aliphatic rings. The van der Waals surface area contributed by atoms with E-state index in [2.05, 4.69) is 10.6 Å². The molecule has 0 fully saturated rings. The molecule has 0 saturated heterocycles. The molecule has 0 aromatic heterocycles. The highest BCUT2D eigenvalue weighted by molar-refractivity contribution is 7.92. The second-order valence-corrected chi connectivity index (χ2v) is 8.41. The number of carbonyl (C=O) groups is 1. The van der Waals surface area contributed by atoms with Gasteiger partial charge in [-0.05, 0) is 55.7 Å². The highest BCUT2D eigenvalue weighted by Crippen LogP contribution is 2.31. The zero-order valence-electron chi connectivity index (χ0n) is 15.4. The highest BCUT2D eigenvalue weighted by Gasteiger charge is 2.26. The molecule has 1 heterocycles. The molecule has 7 nitrogen and oxygen atoms in total. The van der Waals surface area contributed by atoms with Crippen molar-refractivity contribution in [1.29, 1.82) is 0 Å². The number of rotatable bonds is 5. The number of aryl methyl sites for hydroxylation is 1. The van der Waals surface area contributed by atoms with Crippen LogP contribution >= 0.6 is 0 Å². The Hall–Kier alpha value is -2.74. The summed E-state index contributed by atoms with van der Waals surface area (Å²) in [6.45, 7) is 2.13. The Bertz CT molecular complexity index is 944. The maximum Gasteiger partial charge on any atom is 0.323 e. The summed E-state index contributed by atoms with van der Waals surface area (Å²) >= 11 is 0. The van der Waals surface area contributed by atoms with Crippen LogP contribution in [-0.2, 0) is 16.4 Å². The number of urea groups is 1. The second kappa shape index (κ2) is 7.87. The van der Waals surface area contributed by atoms with Crippen LogP contribution in [0, 0.1) is 0 Å². The molecule has 27 heavy (non-hydrogen) atoms. The third-order valence-corrected chi connectivity index (χ3v) is 6.22. The molecule has 0 bridgehead atoms. The van der Waals surface area contributed by atoms with Gasteiger partial charge in [-0.1, -0.05) is 6.07 Å². The van der Waals surface area contributed by atoms with Gasteiger partial charge in [-0.15, -0.1) is 0 Å². The van der Waals surface area contributed by atoms with Crippen LogP contribution in [0.15, 0.2) is 42.5 Å². The normalized spacial score (nSPS) is 13.6. The smallest absolute Gasteiger partial charge is 0.323 e. The van der Waals surface area contributed by atoms with Crippen molar-refractivity contribution in [2.45, 2.75) is 19.8 Å². The lowest BCUT2D eigenvalue weighted by Gasteiger charge is -2.30. The molecule has 1 aliphatic heterocycles. The maximum absolute atomic E-state index is 12.3. The van der Waals surface area contributed by atoms with Crippen molar-refractivity contribution in [2.24, 2.45) is 0 Å². The molecular formula is C19H23N3O4S. The largest absolute Gasteiger partial charge is 0.497 e. The molecule has 2 aromatic rings. The van der Waals surface area contributed by atoms with Gasteiger partial charge >= 0.3 is 6.03 Å². The first-order valence-electron chi connectivity index (χ1n) is 8.78. The first kappa shape index (κ1) is 19.0. The molecular weight excluding hydrogens is 366 g/mol. The summed E-state index contributed by atoms with van der Waals surface area (Å²) in [5.41, 5.74) is 2.84. The minimum Gasteiger partial charge on any atom is -0.497 e. The third-order valence-electron chi connectivity index (χ3n) is 4.44. The van der Waals surface area contributed by atoms with Crippen molar-refractivity contribution in [3.63, 3.8) is 0 Å². The lowest BCUT2D eigenvalue weighted by atomic mass is 10.0. The van der Waals surface area contributed by atoms with Crippen molar-refractivity contribution in [2.75, 3.05) is 34.3 Å². The van der Waals surface area contributed by atoms with Gasteiger partial charge in [0.25, 0.3) is 0 Å². The number of hydrogen-bond acceptors (Lipinski definition) is 4. The van der Waals surface area contributed by atoms with Crippen LogP contribution in [0.5, 0.6) is 5.75 Å². The molecule has 144 valence electrons. The Morgan fingerprint density at radius 2 is 1.89 bits per heavy atom. The van der Waals surface area contributed by atoms with E-state index in [9.17, 15) is 13.2 Å². The fourth-order valence-corrected chi connectivity index (χ4v) is 4.28. The summed E-state index contributed by atoms with van der Waals surface area (Å²) in [7, 11) is -1.73. The molecule has 0 spiro atoms. The number of methoxy groups -OCH3 is 1. The average molecular weight is 389 g/mol. The van der Waals surface area contributed by atoms with Gasteiger partial charge in [-0.25, -0.2) is 13.2 Å². The fourth-order valence-electron chi connectivity index (χ4n) is 3.08. The topological polar surface area (TPSA) is 87.7 Å². The summed E-state index contributed by atoms with van der Waals surface area (Å²) in [6.07, 6.45) is 1.53. The van der Waals surface area contributed by atoms with Crippen LogP contribution in [0.1, 0.15) is 18.9 Å². The number of amides is 2. The van der Waals surface area contributed by atoms with Crippen LogP contribution in [0.25, 0.3) is 0 Å². The second-order valence-electron chi connectivity index (χ2n) is 6.23. The van der Waals surface area contributed by atoms with Gasteiger partial charge in [-0.3, -0.25) is 4.31 Å². The number of sulfonamides is 1. The molecule has 0 aliphatic carbocycles. The Kier molecular flexibility index (Phi) is 5.55. The SMILES string of the molecule is CCS(=O)(=O)N1CCCc2cc(NC(=O)Nc3cccc(OC)c3)ccc21. The third kappa shape index (κ3) is 4.33. The summed E-state index contributed by atoms with van der Waals surface area (Å²) < 4.78 is 31.1. The number of anilines is 3. The van der Waals surface area contributed by atoms with Crippen molar-refractivity contribution in [3.8, 4) is 5.75 Å². The molecule has 2 aromatic carbocycles. The summed E-state index contributed by atoms with van der Waals surface area (Å²) in [5.74, 6) is 0.717. The maximum atomic E-state index is 12.3. The molecule has 2 amide bonds. The van der Waals surface area contributed by atoms with Crippen LogP contribution in [0.3, 0.4) is 0 Å². The Balaban J connectivity index is 1.74. The zero-order valence-corrected chi connectivity index (χ0v) is 16.2. The van der Waals surface area contributed by atoms with Crippen molar-refractivity contribution >= 4 is 33.1 Å². The number of ether oxygens (including phenoxy) is 1. The zero-order chi connectivity index (χ0) is 19.4. The first-order chi connectivity index (χ1) is 12.9. The van der Waals surface area contributed by atoms with E-state index >= 15 is 0 Å². The van der Waals surface area contributed by atoms with Gasteiger partial charge in [-0.2, -0.15) is 0 Å². The van der Waals surface area contributed by atoms with E-state index in [0.29, 0.717) is 29.4 Å². The molecule has 3 rings (SSSR count). The predicted octanol–water partition coefficient (Wildman–Crippen LogP) is 3.44. The molecule has 2 N–H and O–H groups in total. The van der Waals surface area contributed by atoms with E-state index in [0.717, 1.165) is 18.4 Å². The van der Waals surface area contributed by atoms with Gasteiger partial charge in [0.1, 0.15) is 5.75 Å². The van der Waals surface area contributed by atoms with Gasteiger partial charge < -0.3 is 15.4 Å². The number of benzene rings is 2. The number of fused-ring (bicyclic) bond motifs is 1. The highest BCUT2D eigenvalue weighted by atomic mass is 32.2. The lowest BCUT2D eigenvalue weighted by molar-refractivity contribution is 0.262.